The number of hydrogen-bond donors (Lipinski definition) is 1. The third-order valence-electron chi connectivity index (χ3n) is 4.17. The molecule has 0 saturated carbocycles. The van der Waals surface area contributed by atoms with E-state index in [0.29, 0.717) is 12.0 Å². The van der Waals surface area contributed by atoms with E-state index in [1.165, 1.54) is 32.4 Å². The number of rotatable bonds is 4. The van der Waals surface area contributed by atoms with Crippen molar-refractivity contribution in [1.82, 2.24) is 9.80 Å². The van der Waals surface area contributed by atoms with E-state index < -0.39 is 0 Å². The molecule has 2 saturated heterocycles. The second-order valence-electron chi connectivity index (χ2n) is 5.57. The molecule has 118 valence electrons. The third-order valence-corrected chi connectivity index (χ3v) is 4.17. The van der Waals surface area contributed by atoms with Gasteiger partial charge in [0.15, 0.2) is 5.96 Å². The first kappa shape index (κ1) is 18.0. The Morgan fingerprint density at radius 2 is 1.80 bits per heavy atom. The predicted molar refractivity (Wildman–Crippen MR) is 93.8 cm³/mol. The molecular weight excluding hydrogens is 367 g/mol. The normalized spacial score (nSPS) is 23.2. The standard InChI is InChI=1S/C14H28N4O.HI/c1-13(17-7-3-2-4-8-17)5-6-16-14(15)18-9-11-19-12-10-18;/h13H,2-12H2,1H3,(H2,15,16);1H. The summed E-state index contributed by atoms with van der Waals surface area (Å²) < 4.78 is 5.31. The fraction of sp³-hybridized carbons (Fsp3) is 0.929. The van der Waals surface area contributed by atoms with Gasteiger partial charge in [0.2, 0.25) is 0 Å². The zero-order valence-electron chi connectivity index (χ0n) is 12.6. The highest BCUT2D eigenvalue weighted by Gasteiger charge is 2.16. The van der Waals surface area contributed by atoms with Gasteiger partial charge in [-0.3, -0.25) is 4.99 Å². The van der Waals surface area contributed by atoms with Gasteiger partial charge in [0.05, 0.1) is 13.2 Å². The van der Waals surface area contributed by atoms with Crippen LogP contribution in [0, 0.1) is 0 Å². The van der Waals surface area contributed by atoms with Crippen LogP contribution >= 0.6 is 24.0 Å². The van der Waals surface area contributed by atoms with E-state index in [1.54, 1.807) is 0 Å². The molecule has 0 amide bonds. The first-order valence-corrected chi connectivity index (χ1v) is 7.64. The van der Waals surface area contributed by atoms with Crippen LogP contribution in [0.4, 0.5) is 0 Å². The molecule has 0 aromatic heterocycles. The fourth-order valence-corrected chi connectivity index (χ4v) is 2.80. The molecule has 0 spiro atoms. The molecule has 2 fully saturated rings. The Bertz CT molecular complexity index is 289. The first-order valence-electron chi connectivity index (χ1n) is 7.64. The summed E-state index contributed by atoms with van der Waals surface area (Å²) >= 11 is 0. The zero-order valence-corrected chi connectivity index (χ0v) is 14.9. The van der Waals surface area contributed by atoms with E-state index in [9.17, 15) is 0 Å². The summed E-state index contributed by atoms with van der Waals surface area (Å²) in [7, 11) is 0. The molecule has 0 aromatic carbocycles. The molecule has 0 bridgehead atoms. The van der Waals surface area contributed by atoms with Gasteiger partial charge in [0.1, 0.15) is 0 Å². The van der Waals surface area contributed by atoms with E-state index >= 15 is 0 Å². The monoisotopic (exact) mass is 396 g/mol. The Balaban J connectivity index is 0.00000200. The number of guanidine groups is 1. The summed E-state index contributed by atoms with van der Waals surface area (Å²) in [6.45, 7) is 8.93. The van der Waals surface area contributed by atoms with Crippen LogP contribution in [0.3, 0.4) is 0 Å². The molecule has 0 radical (unpaired) electrons. The number of aliphatic imine (C=N–C) groups is 1. The van der Waals surface area contributed by atoms with Crippen molar-refractivity contribution in [3.63, 3.8) is 0 Å². The van der Waals surface area contributed by atoms with Gasteiger partial charge in [-0.1, -0.05) is 6.42 Å². The van der Waals surface area contributed by atoms with Crippen molar-refractivity contribution in [2.45, 2.75) is 38.6 Å². The van der Waals surface area contributed by atoms with Gasteiger partial charge < -0.3 is 20.3 Å². The van der Waals surface area contributed by atoms with Crippen LogP contribution in [0.5, 0.6) is 0 Å². The van der Waals surface area contributed by atoms with E-state index in [-0.39, 0.29) is 24.0 Å². The fourth-order valence-electron chi connectivity index (χ4n) is 2.80. The quantitative estimate of drug-likeness (QED) is 0.445. The second-order valence-corrected chi connectivity index (χ2v) is 5.57. The Hall–Kier alpha value is -0.0800. The van der Waals surface area contributed by atoms with Crippen molar-refractivity contribution in [3.8, 4) is 0 Å². The van der Waals surface area contributed by atoms with Crippen LogP contribution in [-0.2, 0) is 4.74 Å². The molecule has 2 aliphatic heterocycles. The average molecular weight is 396 g/mol. The number of nitrogens with zero attached hydrogens (tertiary/aromatic N) is 3. The lowest BCUT2D eigenvalue weighted by molar-refractivity contribution is 0.0674. The van der Waals surface area contributed by atoms with E-state index in [0.717, 1.165) is 39.3 Å². The minimum atomic E-state index is 0. The maximum absolute atomic E-state index is 6.02. The number of morpholine rings is 1. The summed E-state index contributed by atoms with van der Waals surface area (Å²) in [5, 5.41) is 0. The molecule has 2 aliphatic rings. The summed E-state index contributed by atoms with van der Waals surface area (Å²) in [5.74, 6) is 0.689. The highest BCUT2D eigenvalue weighted by molar-refractivity contribution is 14.0. The number of piperidine rings is 1. The van der Waals surface area contributed by atoms with Crippen LogP contribution in [0.25, 0.3) is 0 Å². The molecular formula is C14H29IN4O. The minimum Gasteiger partial charge on any atom is -0.378 e. The lowest BCUT2D eigenvalue weighted by Gasteiger charge is -2.32. The average Bonchev–Trinajstić information content (AvgIpc) is 2.49. The number of nitrogens with two attached hydrogens (primary N) is 1. The SMILES string of the molecule is CC(CCN=C(N)N1CCOCC1)N1CCCCC1.I. The van der Waals surface area contributed by atoms with Gasteiger partial charge in [-0.15, -0.1) is 24.0 Å². The van der Waals surface area contributed by atoms with Crippen molar-refractivity contribution in [3.05, 3.63) is 0 Å². The van der Waals surface area contributed by atoms with Crippen molar-refractivity contribution in [2.24, 2.45) is 10.7 Å². The maximum Gasteiger partial charge on any atom is 0.191 e. The first-order chi connectivity index (χ1) is 9.27. The van der Waals surface area contributed by atoms with Gasteiger partial charge in [-0.2, -0.15) is 0 Å². The van der Waals surface area contributed by atoms with E-state index in [1.807, 2.05) is 0 Å². The van der Waals surface area contributed by atoms with Crippen molar-refractivity contribution >= 4 is 29.9 Å². The number of halogens is 1. The molecule has 5 nitrogen and oxygen atoms in total. The molecule has 2 heterocycles. The lowest BCUT2D eigenvalue weighted by atomic mass is 10.1. The zero-order chi connectivity index (χ0) is 13.5. The minimum absolute atomic E-state index is 0. The van der Waals surface area contributed by atoms with Crippen molar-refractivity contribution < 1.29 is 4.74 Å². The summed E-state index contributed by atoms with van der Waals surface area (Å²) in [4.78, 5) is 9.23. The summed E-state index contributed by atoms with van der Waals surface area (Å²) in [5.41, 5.74) is 6.02. The Kier molecular flexibility index (Phi) is 8.79. The molecule has 2 rings (SSSR count). The topological polar surface area (TPSA) is 54.1 Å². The Morgan fingerprint density at radius 1 is 1.15 bits per heavy atom. The largest absolute Gasteiger partial charge is 0.378 e. The van der Waals surface area contributed by atoms with Crippen LogP contribution in [0.15, 0.2) is 4.99 Å². The van der Waals surface area contributed by atoms with Crippen molar-refractivity contribution in [1.29, 1.82) is 0 Å². The maximum atomic E-state index is 6.02. The summed E-state index contributed by atoms with van der Waals surface area (Å²) in [6.07, 6.45) is 5.20. The Labute approximate surface area is 139 Å². The van der Waals surface area contributed by atoms with Crippen LogP contribution in [-0.4, -0.2) is 67.7 Å². The summed E-state index contributed by atoms with van der Waals surface area (Å²) in [6, 6.07) is 0.626. The number of likely N-dealkylation sites (tertiary alicyclic amines) is 1. The number of hydrogen-bond acceptors (Lipinski definition) is 3. The molecule has 1 atom stereocenters. The smallest absolute Gasteiger partial charge is 0.191 e. The molecule has 6 heteroatoms. The third kappa shape index (κ3) is 5.73. The molecule has 20 heavy (non-hydrogen) atoms. The van der Waals surface area contributed by atoms with Gasteiger partial charge in [-0.25, -0.2) is 0 Å². The van der Waals surface area contributed by atoms with E-state index in [2.05, 4.69) is 21.7 Å². The van der Waals surface area contributed by atoms with Crippen molar-refractivity contribution in [2.75, 3.05) is 45.9 Å². The van der Waals surface area contributed by atoms with Gasteiger partial charge in [-0.05, 0) is 39.3 Å². The van der Waals surface area contributed by atoms with Crippen LogP contribution in [0.1, 0.15) is 32.6 Å². The number of ether oxygens (including phenoxy) is 1. The van der Waals surface area contributed by atoms with Crippen LogP contribution < -0.4 is 5.73 Å². The Morgan fingerprint density at radius 3 is 2.45 bits per heavy atom. The molecule has 2 N–H and O–H groups in total. The van der Waals surface area contributed by atoms with Crippen LogP contribution in [0.2, 0.25) is 0 Å². The lowest BCUT2D eigenvalue weighted by Crippen LogP contribution is -2.45. The highest BCUT2D eigenvalue weighted by atomic mass is 127. The predicted octanol–water partition coefficient (Wildman–Crippen LogP) is 1.52. The van der Waals surface area contributed by atoms with E-state index in [4.69, 9.17) is 10.5 Å². The van der Waals surface area contributed by atoms with Gasteiger partial charge >= 0.3 is 0 Å². The van der Waals surface area contributed by atoms with Gasteiger partial charge in [0.25, 0.3) is 0 Å². The second kappa shape index (κ2) is 9.78. The molecule has 0 aliphatic carbocycles. The molecule has 1 unspecified atom stereocenters. The molecule has 0 aromatic rings. The van der Waals surface area contributed by atoms with Gasteiger partial charge in [0, 0.05) is 25.7 Å². The highest BCUT2D eigenvalue weighted by Crippen LogP contribution is 2.13.